The Balaban J connectivity index is 2.56. The maximum atomic E-state index is 5.63. The average molecular weight is 215 g/mol. The number of rotatable bonds is 2. The smallest absolute Gasteiger partial charge is 0.223 e. The second kappa shape index (κ2) is 4.22. The van der Waals surface area contributed by atoms with E-state index >= 15 is 0 Å². The lowest BCUT2D eigenvalue weighted by Crippen LogP contribution is -2.05. The largest absolute Gasteiger partial charge is 0.368 e. The minimum Gasteiger partial charge on any atom is -0.368 e. The van der Waals surface area contributed by atoms with E-state index in [-0.39, 0.29) is 5.95 Å². The van der Waals surface area contributed by atoms with Crippen LogP contribution in [0.3, 0.4) is 0 Å². The zero-order valence-corrected chi connectivity index (χ0v) is 9.31. The fourth-order valence-corrected chi connectivity index (χ4v) is 1.42. The molecule has 0 unspecified atom stereocenters. The number of nitrogens with two attached hydrogens (primary N) is 1. The molecule has 0 aliphatic carbocycles. The highest BCUT2D eigenvalue weighted by Crippen LogP contribution is 2.16. The maximum Gasteiger partial charge on any atom is 0.223 e. The topological polar surface area (TPSA) is 77.6 Å². The molecule has 2 rings (SSSR count). The molecule has 5 heteroatoms. The van der Waals surface area contributed by atoms with Gasteiger partial charge in [-0.25, -0.2) is 4.98 Å². The Bertz CT molecular complexity index is 509. The van der Waals surface area contributed by atoms with Crippen molar-refractivity contribution in [2.75, 3.05) is 5.73 Å². The highest BCUT2D eigenvalue weighted by atomic mass is 15.1. The van der Waals surface area contributed by atoms with E-state index in [1.54, 1.807) is 6.20 Å². The zero-order valence-electron chi connectivity index (χ0n) is 9.31. The molecule has 2 aromatic heterocycles. The second-order valence-corrected chi connectivity index (χ2v) is 3.46. The lowest BCUT2D eigenvalue weighted by molar-refractivity contribution is 0.908. The third-order valence-electron chi connectivity index (χ3n) is 2.24. The molecule has 0 radical (unpaired) electrons. The van der Waals surface area contributed by atoms with Crippen molar-refractivity contribution in [3.05, 3.63) is 29.7 Å². The van der Waals surface area contributed by atoms with Gasteiger partial charge in [0.15, 0.2) is 5.82 Å². The fraction of sp³-hybridized carbons (Fsp3) is 0.273. The molecule has 0 spiro atoms. The van der Waals surface area contributed by atoms with Gasteiger partial charge in [-0.2, -0.15) is 9.97 Å². The van der Waals surface area contributed by atoms with Gasteiger partial charge in [0.2, 0.25) is 5.95 Å². The number of hydrogen-bond donors (Lipinski definition) is 1. The number of hydrogen-bond acceptors (Lipinski definition) is 5. The van der Waals surface area contributed by atoms with Crippen LogP contribution in [0.2, 0.25) is 0 Å². The average Bonchev–Trinajstić information content (AvgIpc) is 2.28. The number of pyridine rings is 1. The van der Waals surface area contributed by atoms with Crippen LogP contribution in [0.4, 0.5) is 5.95 Å². The van der Waals surface area contributed by atoms with Crippen molar-refractivity contribution in [2.45, 2.75) is 20.3 Å². The van der Waals surface area contributed by atoms with Crippen molar-refractivity contribution in [1.82, 2.24) is 19.9 Å². The molecule has 0 aliphatic heterocycles. The number of nitrogen functional groups attached to an aromatic ring is 1. The zero-order chi connectivity index (χ0) is 11.5. The quantitative estimate of drug-likeness (QED) is 0.819. The Labute approximate surface area is 93.8 Å². The molecular formula is C11H13N5. The molecule has 0 aliphatic rings. The molecule has 0 amide bonds. The number of aromatic nitrogens is 4. The molecule has 82 valence electrons. The van der Waals surface area contributed by atoms with Gasteiger partial charge in [0.05, 0.1) is 0 Å². The van der Waals surface area contributed by atoms with Gasteiger partial charge in [-0.15, -0.1) is 0 Å². The third-order valence-corrected chi connectivity index (χ3v) is 2.24. The number of nitrogens with zero attached hydrogens (tertiary/aromatic N) is 4. The van der Waals surface area contributed by atoms with Crippen LogP contribution in [0.5, 0.6) is 0 Å². The predicted octanol–water partition coefficient (Wildman–Crippen LogP) is 1.39. The summed E-state index contributed by atoms with van der Waals surface area (Å²) >= 11 is 0. The van der Waals surface area contributed by atoms with Gasteiger partial charge in [0.1, 0.15) is 11.5 Å². The standard InChI is InChI=1S/C11H13N5/c1-3-8-14-10(16-11(12)15-8)9-7(2)5-4-6-13-9/h4-6H,3H2,1-2H3,(H2,12,14,15,16). The first-order valence-electron chi connectivity index (χ1n) is 5.13. The van der Waals surface area contributed by atoms with E-state index in [9.17, 15) is 0 Å². The normalized spacial score (nSPS) is 10.4. The van der Waals surface area contributed by atoms with Crippen molar-refractivity contribution >= 4 is 5.95 Å². The van der Waals surface area contributed by atoms with Crippen LogP contribution in [-0.2, 0) is 6.42 Å². The van der Waals surface area contributed by atoms with Gasteiger partial charge in [0, 0.05) is 12.6 Å². The Kier molecular flexibility index (Phi) is 2.76. The summed E-state index contributed by atoms with van der Waals surface area (Å²) in [4.78, 5) is 16.7. The Morgan fingerprint density at radius 2 is 2.06 bits per heavy atom. The van der Waals surface area contributed by atoms with Crippen molar-refractivity contribution in [3.8, 4) is 11.5 Å². The van der Waals surface area contributed by atoms with Crippen molar-refractivity contribution in [1.29, 1.82) is 0 Å². The van der Waals surface area contributed by atoms with Gasteiger partial charge in [-0.1, -0.05) is 13.0 Å². The number of anilines is 1. The van der Waals surface area contributed by atoms with Crippen LogP contribution in [0.1, 0.15) is 18.3 Å². The first-order valence-corrected chi connectivity index (χ1v) is 5.13. The summed E-state index contributed by atoms with van der Waals surface area (Å²) in [7, 11) is 0. The first kappa shape index (κ1) is 10.5. The van der Waals surface area contributed by atoms with Crippen LogP contribution in [-0.4, -0.2) is 19.9 Å². The monoisotopic (exact) mass is 215 g/mol. The maximum absolute atomic E-state index is 5.63. The molecule has 16 heavy (non-hydrogen) atoms. The van der Waals surface area contributed by atoms with E-state index in [2.05, 4.69) is 19.9 Å². The lowest BCUT2D eigenvalue weighted by atomic mass is 10.2. The molecule has 2 N–H and O–H groups in total. The van der Waals surface area contributed by atoms with E-state index in [4.69, 9.17) is 5.73 Å². The Morgan fingerprint density at radius 1 is 1.25 bits per heavy atom. The van der Waals surface area contributed by atoms with Crippen molar-refractivity contribution in [2.24, 2.45) is 0 Å². The predicted molar refractivity (Wildman–Crippen MR) is 61.6 cm³/mol. The summed E-state index contributed by atoms with van der Waals surface area (Å²) in [5.41, 5.74) is 7.41. The molecule has 2 aromatic rings. The highest BCUT2D eigenvalue weighted by molar-refractivity contribution is 5.54. The third kappa shape index (κ3) is 1.98. The molecule has 2 heterocycles. The molecule has 5 nitrogen and oxygen atoms in total. The summed E-state index contributed by atoms with van der Waals surface area (Å²) in [5.74, 6) is 1.47. The highest BCUT2D eigenvalue weighted by Gasteiger charge is 2.08. The van der Waals surface area contributed by atoms with Gasteiger partial charge >= 0.3 is 0 Å². The summed E-state index contributed by atoms with van der Waals surface area (Å²) < 4.78 is 0. The van der Waals surface area contributed by atoms with Crippen LogP contribution in [0.15, 0.2) is 18.3 Å². The van der Waals surface area contributed by atoms with E-state index in [0.29, 0.717) is 11.6 Å². The molecule has 0 aromatic carbocycles. The van der Waals surface area contributed by atoms with E-state index < -0.39 is 0 Å². The molecule has 0 fully saturated rings. The minimum atomic E-state index is 0.243. The van der Waals surface area contributed by atoms with Gasteiger partial charge < -0.3 is 5.73 Å². The van der Waals surface area contributed by atoms with E-state index in [1.165, 1.54) is 0 Å². The lowest BCUT2D eigenvalue weighted by Gasteiger charge is -2.04. The molecular weight excluding hydrogens is 202 g/mol. The van der Waals surface area contributed by atoms with Gasteiger partial charge in [-0.3, -0.25) is 4.98 Å². The fourth-order valence-electron chi connectivity index (χ4n) is 1.42. The molecule has 0 atom stereocenters. The van der Waals surface area contributed by atoms with E-state index in [1.807, 2.05) is 26.0 Å². The molecule has 0 bridgehead atoms. The summed E-state index contributed by atoms with van der Waals surface area (Å²) in [6, 6.07) is 3.85. The van der Waals surface area contributed by atoms with E-state index in [0.717, 1.165) is 17.7 Å². The molecule has 0 saturated heterocycles. The minimum absolute atomic E-state index is 0.243. The van der Waals surface area contributed by atoms with Gasteiger partial charge in [-0.05, 0) is 18.6 Å². The number of aryl methyl sites for hydroxylation is 2. The Hall–Kier alpha value is -2.04. The first-order chi connectivity index (χ1) is 7.70. The second-order valence-electron chi connectivity index (χ2n) is 3.46. The van der Waals surface area contributed by atoms with Crippen LogP contribution in [0, 0.1) is 6.92 Å². The molecule has 0 saturated carbocycles. The van der Waals surface area contributed by atoms with Crippen LogP contribution < -0.4 is 5.73 Å². The Morgan fingerprint density at radius 3 is 2.75 bits per heavy atom. The van der Waals surface area contributed by atoms with Crippen LogP contribution >= 0.6 is 0 Å². The summed E-state index contributed by atoms with van der Waals surface area (Å²) in [5, 5.41) is 0. The summed E-state index contributed by atoms with van der Waals surface area (Å²) in [6.07, 6.45) is 2.44. The SMILES string of the molecule is CCc1nc(N)nc(-c2ncccc2C)n1. The van der Waals surface area contributed by atoms with Gasteiger partial charge in [0.25, 0.3) is 0 Å². The van der Waals surface area contributed by atoms with Crippen molar-refractivity contribution < 1.29 is 0 Å². The van der Waals surface area contributed by atoms with Crippen LogP contribution in [0.25, 0.3) is 11.5 Å². The van der Waals surface area contributed by atoms with Crippen molar-refractivity contribution in [3.63, 3.8) is 0 Å². The summed E-state index contributed by atoms with van der Waals surface area (Å²) in [6.45, 7) is 3.94.